The first kappa shape index (κ1) is 8.06. The van der Waals surface area contributed by atoms with Gasteiger partial charge in [0.05, 0.1) is 0 Å². The van der Waals surface area contributed by atoms with E-state index in [-0.39, 0.29) is 5.78 Å². The monoisotopic (exact) mass is 160 g/mol. The number of Topliss-reactive ketones (excluding diaryl/α,β-unsaturated/α-hetero) is 1. The lowest BCUT2D eigenvalue weighted by molar-refractivity contribution is -0.121. The Morgan fingerprint density at radius 1 is 1.50 bits per heavy atom. The van der Waals surface area contributed by atoms with Crippen molar-refractivity contribution in [3.8, 4) is 0 Å². The summed E-state index contributed by atoms with van der Waals surface area (Å²) in [5, 5.41) is 0. The molecule has 0 atom stereocenters. The van der Waals surface area contributed by atoms with Crippen LogP contribution in [-0.2, 0) is 4.79 Å². The molecule has 10 heavy (non-hydrogen) atoms. The maximum absolute atomic E-state index is 11.2. The molecule has 0 N–H and O–H groups in total. The quantitative estimate of drug-likeness (QED) is 0.568. The fraction of sp³-hybridized carbons (Fsp3) is 0.875. The summed E-state index contributed by atoms with van der Waals surface area (Å²) in [6.45, 7) is 1.88. The van der Waals surface area contributed by atoms with Crippen LogP contribution in [0.1, 0.15) is 39.0 Å². The Bertz CT molecular complexity index is 136. The minimum absolute atomic E-state index is 0.228. The lowest BCUT2D eigenvalue weighted by Gasteiger charge is -2.17. The van der Waals surface area contributed by atoms with Gasteiger partial charge in [0.15, 0.2) is 5.78 Å². The summed E-state index contributed by atoms with van der Waals surface area (Å²) in [7, 11) is 0. The van der Waals surface area contributed by atoms with Gasteiger partial charge in [0.2, 0.25) is 0 Å². The van der Waals surface area contributed by atoms with Crippen LogP contribution in [0.4, 0.5) is 0 Å². The van der Waals surface area contributed by atoms with E-state index in [1.807, 2.05) is 6.92 Å². The molecule has 58 valence electrons. The lowest BCUT2D eigenvalue weighted by Crippen LogP contribution is -2.27. The van der Waals surface area contributed by atoms with E-state index in [4.69, 9.17) is 11.6 Å². The van der Waals surface area contributed by atoms with Gasteiger partial charge in [-0.05, 0) is 12.8 Å². The lowest BCUT2D eigenvalue weighted by atomic mass is 10.00. The predicted octanol–water partition coefficient (Wildman–Crippen LogP) is 2.52. The standard InChI is InChI=1S/C8H13ClO/c1-2-7(10)8(9)5-3-4-6-8/h2-6H2,1H3. The number of halogens is 1. The van der Waals surface area contributed by atoms with Gasteiger partial charge in [0, 0.05) is 6.42 Å². The van der Waals surface area contributed by atoms with Crippen LogP contribution in [-0.4, -0.2) is 10.7 Å². The first-order chi connectivity index (χ1) is 4.69. The summed E-state index contributed by atoms with van der Waals surface area (Å²) >= 11 is 6.07. The van der Waals surface area contributed by atoms with Crippen molar-refractivity contribution in [3.05, 3.63) is 0 Å². The van der Waals surface area contributed by atoms with Gasteiger partial charge in [0.25, 0.3) is 0 Å². The molecule has 0 aliphatic heterocycles. The fourth-order valence-corrected chi connectivity index (χ4v) is 1.93. The molecule has 1 aliphatic rings. The third-order valence-corrected chi connectivity index (χ3v) is 2.81. The Kier molecular flexibility index (Phi) is 2.35. The zero-order chi connectivity index (χ0) is 7.61. The first-order valence-corrected chi connectivity index (χ1v) is 4.29. The van der Waals surface area contributed by atoms with Crippen LogP contribution in [0, 0.1) is 0 Å². The van der Waals surface area contributed by atoms with Crippen molar-refractivity contribution in [2.75, 3.05) is 0 Å². The van der Waals surface area contributed by atoms with Crippen molar-refractivity contribution < 1.29 is 4.79 Å². The smallest absolute Gasteiger partial charge is 0.153 e. The highest BCUT2D eigenvalue weighted by Crippen LogP contribution is 2.37. The third kappa shape index (κ3) is 1.34. The van der Waals surface area contributed by atoms with Crippen LogP contribution in [0.25, 0.3) is 0 Å². The van der Waals surface area contributed by atoms with Gasteiger partial charge in [-0.15, -0.1) is 11.6 Å². The van der Waals surface area contributed by atoms with Gasteiger partial charge in [-0.3, -0.25) is 4.79 Å². The van der Waals surface area contributed by atoms with Gasteiger partial charge < -0.3 is 0 Å². The topological polar surface area (TPSA) is 17.1 Å². The molecule has 0 spiro atoms. The van der Waals surface area contributed by atoms with Crippen molar-refractivity contribution in [1.29, 1.82) is 0 Å². The van der Waals surface area contributed by atoms with E-state index >= 15 is 0 Å². The third-order valence-electron chi connectivity index (χ3n) is 2.22. The molecule has 0 radical (unpaired) electrons. The minimum Gasteiger partial charge on any atom is -0.298 e. The summed E-state index contributed by atoms with van der Waals surface area (Å²) in [6.07, 6.45) is 4.61. The molecule has 2 heteroatoms. The number of rotatable bonds is 2. The SMILES string of the molecule is CCC(=O)C1(Cl)CCCC1. The normalized spacial score (nSPS) is 23.0. The van der Waals surface area contributed by atoms with Crippen molar-refractivity contribution in [2.24, 2.45) is 0 Å². The predicted molar refractivity (Wildman–Crippen MR) is 42.4 cm³/mol. The van der Waals surface area contributed by atoms with Crippen LogP contribution in [0.2, 0.25) is 0 Å². The second kappa shape index (κ2) is 2.91. The van der Waals surface area contributed by atoms with Gasteiger partial charge in [-0.25, -0.2) is 0 Å². The molecule has 0 saturated heterocycles. The van der Waals surface area contributed by atoms with E-state index in [1.165, 1.54) is 0 Å². The number of ketones is 1. The summed E-state index contributed by atoms with van der Waals surface area (Å²) in [6, 6.07) is 0. The molecule has 0 aromatic rings. The summed E-state index contributed by atoms with van der Waals surface area (Å²) < 4.78 is 0. The molecule has 1 aliphatic carbocycles. The maximum atomic E-state index is 11.2. The molecular formula is C8H13ClO. The average molecular weight is 161 g/mol. The molecule has 0 unspecified atom stereocenters. The van der Waals surface area contributed by atoms with E-state index in [0.29, 0.717) is 6.42 Å². The molecule has 1 saturated carbocycles. The molecule has 0 heterocycles. The van der Waals surface area contributed by atoms with Crippen molar-refractivity contribution in [3.63, 3.8) is 0 Å². The number of alkyl halides is 1. The molecule has 1 rings (SSSR count). The van der Waals surface area contributed by atoms with Gasteiger partial charge in [0.1, 0.15) is 4.87 Å². The summed E-state index contributed by atoms with van der Waals surface area (Å²) in [4.78, 5) is 10.7. The maximum Gasteiger partial charge on any atom is 0.153 e. The average Bonchev–Trinajstić information content (AvgIpc) is 2.36. The number of carbonyl (C=O) groups excluding carboxylic acids is 1. The Balaban J connectivity index is 2.58. The van der Waals surface area contributed by atoms with Crippen LogP contribution < -0.4 is 0 Å². The van der Waals surface area contributed by atoms with E-state index in [0.717, 1.165) is 25.7 Å². The van der Waals surface area contributed by atoms with Gasteiger partial charge in [-0.2, -0.15) is 0 Å². The fourth-order valence-electron chi connectivity index (χ4n) is 1.53. The zero-order valence-corrected chi connectivity index (χ0v) is 7.08. The van der Waals surface area contributed by atoms with Crippen molar-refractivity contribution in [1.82, 2.24) is 0 Å². The van der Waals surface area contributed by atoms with Crippen LogP contribution >= 0.6 is 11.6 Å². The molecule has 1 fully saturated rings. The van der Waals surface area contributed by atoms with E-state index < -0.39 is 4.87 Å². The Morgan fingerprint density at radius 2 is 2.00 bits per heavy atom. The van der Waals surface area contributed by atoms with Crippen molar-refractivity contribution >= 4 is 17.4 Å². The van der Waals surface area contributed by atoms with Crippen LogP contribution in [0.3, 0.4) is 0 Å². The highest BCUT2D eigenvalue weighted by molar-refractivity contribution is 6.35. The Labute approximate surface area is 66.8 Å². The Hall–Kier alpha value is -0.0400. The van der Waals surface area contributed by atoms with Gasteiger partial charge >= 0.3 is 0 Å². The van der Waals surface area contributed by atoms with Crippen LogP contribution in [0.15, 0.2) is 0 Å². The highest BCUT2D eigenvalue weighted by atomic mass is 35.5. The van der Waals surface area contributed by atoms with Crippen molar-refractivity contribution in [2.45, 2.75) is 43.9 Å². The van der Waals surface area contributed by atoms with Gasteiger partial charge in [-0.1, -0.05) is 19.8 Å². The van der Waals surface area contributed by atoms with E-state index in [9.17, 15) is 4.79 Å². The molecule has 0 aromatic heterocycles. The number of hydrogen-bond acceptors (Lipinski definition) is 1. The van der Waals surface area contributed by atoms with Crippen LogP contribution in [0.5, 0.6) is 0 Å². The highest BCUT2D eigenvalue weighted by Gasteiger charge is 2.37. The summed E-state index contributed by atoms with van der Waals surface area (Å²) in [5.74, 6) is 0.228. The molecular weight excluding hydrogens is 148 g/mol. The minimum atomic E-state index is -0.464. The molecule has 0 aromatic carbocycles. The second-order valence-corrected chi connectivity index (χ2v) is 3.67. The second-order valence-electron chi connectivity index (χ2n) is 2.95. The summed E-state index contributed by atoms with van der Waals surface area (Å²) in [5.41, 5.74) is 0. The molecule has 0 amide bonds. The van der Waals surface area contributed by atoms with E-state index in [1.54, 1.807) is 0 Å². The number of hydrogen-bond donors (Lipinski definition) is 0. The first-order valence-electron chi connectivity index (χ1n) is 3.91. The molecule has 0 bridgehead atoms. The number of carbonyl (C=O) groups is 1. The van der Waals surface area contributed by atoms with E-state index in [2.05, 4.69) is 0 Å². The molecule has 1 nitrogen and oxygen atoms in total. The largest absolute Gasteiger partial charge is 0.298 e. The Morgan fingerprint density at radius 3 is 2.40 bits per heavy atom. The zero-order valence-electron chi connectivity index (χ0n) is 6.32.